The quantitative estimate of drug-likeness (QED) is 0.210. The zero-order valence-electron chi connectivity index (χ0n) is 26.7. The molecule has 3 aromatic carbocycles. The van der Waals surface area contributed by atoms with Gasteiger partial charge in [-0.3, -0.25) is 9.58 Å². The number of carboxylic acids is 1. The molecule has 2 aliphatic heterocycles. The number of thiazole rings is 1. The Labute approximate surface area is 277 Å². The van der Waals surface area contributed by atoms with E-state index >= 15 is 0 Å². The fourth-order valence-corrected chi connectivity index (χ4v) is 7.96. The van der Waals surface area contributed by atoms with E-state index in [2.05, 4.69) is 28.0 Å². The molecule has 2 atom stereocenters. The summed E-state index contributed by atoms with van der Waals surface area (Å²) in [4.78, 5) is 22.7. The number of rotatable bonds is 6. The van der Waals surface area contributed by atoms with Crippen molar-refractivity contribution in [2.45, 2.75) is 45.4 Å². The first-order valence-corrected chi connectivity index (χ1v) is 16.8. The van der Waals surface area contributed by atoms with Gasteiger partial charge < -0.3 is 19.5 Å². The normalized spacial score (nSPS) is 18.3. The molecular formula is C35H38ClN5O4S. The molecule has 1 N–H and O–H groups in total. The number of aromatic nitrogens is 3. The Hall–Kier alpha value is -3.54. The minimum Gasteiger partial charge on any atom is -0.479 e. The maximum absolute atomic E-state index is 12.7. The van der Waals surface area contributed by atoms with Crippen molar-refractivity contribution in [3.05, 3.63) is 64.7 Å². The van der Waals surface area contributed by atoms with E-state index in [0.29, 0.717) is 16.6 Å². The molecule has 0 saturated carbocycles. The summed E-state index contributed by atoms with van der Waals surface area (Å²) in [7, 11) is 1.99. The SMILES string of the molecule is Cc1cc2nc(-c3ccc4c(c3)c(N3CCN5CCOCC5C3)nn4C)sc2c(-c2ccc(Cl)cc2)c1[C@H](OC(C)(C)C)C(=O)O. The largest absolute Gasteiger partial charge is 0.479 e. The zero-order chi connectivity index (χ0) is 32.3. The molecule has 0 bridgehead atoms. The maximum Gasteiger partial charge on any atom is 0.337 e. The number of benzene rings is 3. The summed E-state index contributed by atoms with van der Waals surface area (Å²) in [6.07, 6.45) is -1.16. The van der Waals surface area contributed by atoms with Crippen molar-refractivity contribution in [1.82, 2.24) is 19.7 Å². The van der Waals surface area contributed by atoms with Crippen LogP contribution in [0.25, 0.3) is 42.8 Å². The first-order chi connectivity index (χ1) is 22.0. The van der Waals surface area contributed by atoms with E-state index in [4.69, 9.17) is 31.2 Å². The van der Waals surface area contributed by atoms with Crippen molar-refractivity contribution < 1.29 is 19.4 Å². The van der Waals surface area contributed by atoms with Gasteiger partial charge in [0.15, 0.2) is 11.9 Å². The number of hydrogen-bond donors (Lipinski definition) is 1. The lowest BCUT2D eigenvalue weighted by Gasteiger charge is -2.43. The summed E-state index contributed by atoms with van der Waals surface area (Å²) in [5, 5.41) is 17.9. The first kappa shape index (κ1) is 31.1. The predicted molar refractivity (Wildman–Crippen MR) is 184 cm³/mol. The number of piperazine rings is 1. The summed E-state index contributed by atoms with van der Waals surface area (Å²) in [6.45, 7) is 12.9. The molecule has 46 heavy (non-hydrogen) atoms. The van der Waals surface area contributed by atoms with Gasteiger partial charge in [-0.1, -0.05) is 23.7 Å². The van der Waals surface area contributed by atoms with Gasteiger partial charge in [0.25, 0.3) is 0 Å². The number of fused-ring (bicyclic) bond motifs is 3. The molecule has 11 heteroatoms. The predicted octanol–water partition coefficient (Wildman–Crippen LogP) is 6.94. The molecular weight excluding hydrogens is 622 g/mol. The molecule has 2 fully saturated rings. The third-order valence-corrected chi connectivity index (χ3v) is 10.2. The number of nitrogens with zero attached hydrogens (tertiary/aromatic N) is 5. The smallest absolute Gasteiger partial charge is 0.337 e. The standard InChI is InChI=1S/C35H38ClN5O4S/c1-20-16-26-31(29(21-6-9-23(36)10-7-21)28(20)30(34(42)43)45-35(2,3)4)46-33(37-26)22-8-11-27-25(17-22)32(38-39(27)5)41-13-12-40-14-15-44-19-24(40)18-41/h6-11,16-17,24,30H,12-15,18-19H2,1-5H3,(H,42,43)/t24?,30-/m0/s1. The number of ether oxygens (including phenoxy) is 2. The molecule has 0 spiro atoms. The highest BCUT2D eigenvalue weighted by atomic mass is 35.5. The Bertz CT molecular complexity index is 1950. The summed E-state index contributed by atoms with van der Waals surface area (Å²) < 4.78 is 14.8. The van der Waals surface area contributed by atoms with E-state index in [1.165, 1.54) is 0 Å². The van der Waals surface area contributed by atoms with Crippen molar-refractivity contribution in [3.8, 4) is 21.7 Å². The molecule has 1 unspecified atom stereocenters. The second-order valence-corrected chi connectivity index (χ2v) is 14.6. The average molecular weight is 660 g/mol. The van der Waals surface area contributed by atoms with E-state index in [0.717, 1.165) is 93.6 Å². The number of carboxylic acid groups (broad SMARTS) is 1. The van der Waals surface area contributed by atoms with Crippen molar-refractivity contribution in [1.29, 1.82) is 0 Å². The van der Waals surface area contributed by atoms with Crippen LogP contribution in [0.15, 0.2) is 48.5 Å². The molecule has 2 aliphatic rings. The molecule has 240 valence electrons. The lowest BCUT2D eigenvalue weighted by molar-refractivity contribution is -0.160. The highest BCUT2D eigenvalue weighted by molar-refractivity contribution is 7.22. The van der Waals surface area contributed by atoms with E-state index in [9.17, 15) is 9.90 Å². The fourth-order valence-electron chi connectivity index (χ4n) is 6.71. The van der Waals surface area contributed by atoms with Crippen LogP contribution in [-0.4, -0.2) is 81.8 Å². The van der Waals surface area contributed by atoms with Gasteiger partial charge in [0.05, 0.1) is 40.6 Å². The average Bonchev–Trinajstić information content (AvgIpc) is 3.59. The summed E-state index contributed by atoms with van der Waals surface area (Å²) >= 11 is 7.84. The van der Waals surface area contributed by atoms with Crippen molar-refractivity contribution >= 4 is 55.8 Å². The van der Waals surface area contributed by atoms with Crippen LogP contribution in [0, 0.1) is 6.92 Å². The third-order valence-electron chi connectivity index (χ3n) is 8.83. The number of aryl methyl sites for hydroxylation is 2. The number of hydrogen-bond acceptors (Lipinski definition) is 8. The molecule has 2 aromatic heterocycles. The fraction of sp³-hybridized carbons (Fsp3) is 0.400. The van der Waals surface area contributed by atoms with Gasteiger partial charge in [-0.25, -0.2) is 9.78 Å². The summed E-state index contributed by atoms with van der Waals surface area (Å²) in [6, 6.07) is 16.3. The molecule has 4 heterocycles. The number of halogens is 1. The number of carbonyl (C=O) groups is 1. The Morgan fingerprint density at radius 3 is 2.61 bits per heavy atom. The van der Waals surface area contributed by atoms with Crippen LogP contribution in [0.2, 0.25) is 5.02 Å². The molecule has 0 amide bonds. The molecule has 5 aromatic rings. The summed E-state index contributed by atoms with van der Waals surface area (Å²) in [5.74, 6) is -0.0539. The van der Waals surface area contributed by atoms with E-state index < -0.39 is 17.7 Å². The number of aliphatic carboxylic acids is 1. The lowest BCUT2D eigenvalue weighted by Crippen LogP contribution is -2.58. The Balaban J connectivity index is 1.36. The van der Waals surface area contributed by atoms with Crippen LogP contribution in [0.3, 0.4) is 0 Å². The van der Waals surface area contributed by atoms with E-state index in [1.807, 2.05) is 69.8 Å². The van der Waals surface area contributed by atoms with Gasteiger partial charge in [0, 0.05) is 60.3 Å². The van der Waals surface area contributed by atoms with Crippen molar-refractivity contribution in [2.75, 3.05) is 44.3 Å². The topological polar surface area (TPSA) is 93.0 Å². The van der Waals surface area contributed by atoms with Crippen LogP contribution in [-0.2, 0) is 21.3 Å². The van der Waals surface area contributed by atoms with Crippen LogP contribution in [0.5, 0.6) is 0 Å². The van der Waals surface area contributed by atoms with Gasteiger partial charge >= 0.3 is 5.97 Å². The van der Waals surface area contributed by atoms with Crippen LogP contribution in [0.4, 0.5) is 5.82 Å². The molecule has 2 saturated heterocycles. The highest BCUT2D eigenvalue weighted by Gasteiger charge is 2.33. The minimum atomic E-state index is -1.16. The van der Waals surface area contributed by atoms with E-state index in [1.54, 1.807) is 11.3 Å². The second kappa shape index (κ2) is 11.9. The monoisotopic (exact) mass is 659 g/mol. The van der Waals surface area contributed by atoms with E-state index in [-0.39, 0.29) is 0 Å². The Morgan fingerprint density at radius 1 is 1.11 bits per heavy atom. The molecule has 7 rings (SSSR count). The van der Waals surface area contributed by atoms with Gasteiger partial charge in [-0.05, 0) is 75.2 Å². The molecule has 0 radical (unpaired) electrons. The lowest BCUT2D eigenvalue weighted by atomic mass is 9.91. The van der Waals surface area contributed by atoms with Crippen molar-refractivity contribution in [2.24, 2.45) is 7.05 Å². The van der Waals surface area contributed by atoms with Crippen molar-refractivity contribution in [3.63, 3.8) is 0 Å². The van der Waals surface area contributed by atoms with Gasteiger partial charge in [0.1, 0.15) is 5.01 Å². The molecule has 0 aliphatic carbocycles. The summed E-state index contributed by atoms with van der Waals surface area (Å²) in [5.41, 5.74) is 5.30. The highest BCUT2D eigenvalue weighted by Crippen LogP contribution is 2.45. The van der Waals surface area contributed by atoms with Gasteiger partial charge in [0.2, 0.25) is 0 Å². The maximum atomic E-state index is 12.7. The third kappa shape index (κ3) is 5.77. The Morgan fingerprint density at radius 2 is 1.87 bits per heavy atom. The first-order valence-electron chi connectivity index (χ1n) is 15.6. The minimum absolute atomic E-state index is 0.368. The Kier molecular flexibility index (Phi) is 8.05. The van der Waals surface area contributed by atoms with Crippen LogP contribution in [0.1, 0.15) is 38.0 Å². The second-order valence-electron chi connectivity index (χ2n) is 13.2. The van der Waals surface area contributed by atoms with Crippen LogP contribution >= 0.6 is 22.9 Å². The van der Waals surface area contributed by atoms with Gasteiger partial charge in [-0.15, -0.1) is 11.3 Å². The number of anilines is 1. The molecule has 9 nitrogen and oxygen atoms in total. The van der Waals surface area contributed by atoms with Gasteiger partial charge in [-0.2, -0.15) is 5.10 Å². The van der Waals surface area contributed by atoms with Crippen LogP contribution < -0.4 is 4.90 Å². The number of morpholine rings is 1. The zero-order valence-corrected chi connectivity index (χ0v) is 28.3.